The molecule has 0 aliphatic rings. The average molecular weight is 419 g/mol. The van der Waals surface area contributed by atoms with Crippen LogP contribution in [0.5, 0.6) is 0 Å². The second-order valence-electron chi connectivity index (χ2n) is 7.53. The number of nitrogens with zero attached hydrogens (tertiary/aromatic N) is 4. The number of benzene rings is 2. The molecular formula is C24H23F2N5. The van der Waals surface area contributed by atoms with Gasteiger partial charge in [0.05, 0.1) is 6.20 Å². The standard InChI is InChI=1S/C24H23F2N5/c1-15-6-4-5-7-20(15)24-28-12-18(13-29-24)11-27-16(2)21-14-30-31(17(21)3)23-9-8-19(25)10-22(23)26/h4-10,12-14,16,27H,11H2,1-3H3/t16-/m0/s1. The maximum Gasteiger partial charge on any atom is 0.159 e. The van der Waals surface area contributed by atoms with Crippen molar-refractivity contribution in [1.29, 1.82) is 0 Å². The number of nitrogens with one attached hydrogen (secondary N) is 1. The molecule has 0 aliphatic heterocycles. The minimum absolute atomic E-state index is 0.0340. The lowest BCUT2D eigenvalue weighted by Gasteiger charge is -2.14. The topological polar surface area (TPSA) is 55.6 Å². The summed E-state index contributed by atoms with van der Waals surface area (Å²) in [5.74, 6) is -0.561. The summed E-state index contributed by atoms with van der Waals surface area (Å²) in [7, 11) is 0. The highest BCUT2D eigenvalue weighted by Crippen LogP contribution is 2.23. The molecule has 2 heterocycles. The molecule has 0 amide bonds. The van der Waals surface area contributed by atoms with E-state index in [1.165, 1.54) is 16.8 Å². The quantitative estimate of drug-likeness (QED) is 0.474. The highest BCUT2D eigenvalue weighted by molar-refractivity contribution is 5.59. The molecule has 0 aliphatic carbocycles. The number of rotatable bonds is 6. The van der Waals surface area contributed by atoms with Crippen molar-refractivity contribution in [1.82, 2.24) is 25.1 Å². The van der Waals surface area contributed by atoms with Gasteiger partial charge in [-0.1, -0.05) is 24.3 Å². The Hall–Kier alpha value is -3.45. The molecule has 4 aromatic rings. The van der Waals surface area contributed by atoms with Crippen molar-refractivity contribution in [3.63, 3.8) is 0 Å². The Bertz CT molecular complexity index is 1200. The fourth-order valence-corrected chi connectivity index (χ4v) is 3.53. The molecule has 158 valence electrons. The molecule has 0 saturated carbocycles. The Morgan fingerprint density at radius 2 is 1.74 bits per heavy atom. The molecule has 0 bridgehead atoms. The average Bonchev–Trinajstić information content (AvgIpc) is 3.14. The van der Waals surface area contributed by atoms with Crippen LogP contribution in [0.25, 0.3) is 17.1 Å². The first-order chi connectivity index (χ1) is 14.9. The minimum Gasteiger partial charge on any atom is -0.306 e. The van der Waals surface area contributed by atoms with Crippen LogP contribution in [0, 0.1) is 25.5 Å². The summed E-state index contributed by atoms with van der Waals surface area (Å²) >= 11 is 0. The van der Waals surface area contributed by atoms with Crippen LogP contribution in [0.3, 0.4) is 0 Å². The van der Waals surface area contributed by atoms with Crippen LogP contribution in [0.4, 0.5) is 8.78 Å². The predicted molar refractivity (Wildman–Crippen MR) is 116 cm³/mol. The van der Waals surface area contributed by atoms with Crippen molar-refractivity contribution in [2.75, 3.05) is 0 Å². The Labute approximate surface area is 179 Å². The highest BCUT2D eigenvalue weighted by Gasteiger charge is 2.16. The maximum atomic E-state index is 14.1. The third-order valence-electron chi connectivity index (χ3n) is 5.36. The summed E-state index contributed by atoms with van der Waals surface area (Å²) in [6, 6.07) is 11.5. The summed E-state index contributed by atoms with van der Waals surface area (Å²) in [6.07, 6.45) is 5.34. The van der Waals surface area contributed by atoms with Crippen LogP contribution in [0.2, 0.25) is 0 Å². The van der Waals surface area contributed by atoms with Gasteiger partial charge in [-0.25, -0.2) is 23.4 Å². The first-order valence-corrected chi connectivity index (χ1v) is 10.0. The first-order valence-electron chi connectivity index (χ1n) is 10.0. The Morgan fingerprint density at radius 1 is 1.00 bits per heavy atom. The van der Waals surface area contributed by atoms with E-state index in [1.807, 2.05) is 57.4 Å². The normalized spacial score (nSPS) is 12.2. The summed E-state index contributed by atoms with van der Waals surface area (Å²) in [4.78, 5) is 9.00. The molecule has 1 N–H and O–H groups in total. The van der Waals surface area contributed by atoms with E-state index in [0.717, 1.165) is 34.0 Å². The van der Waals surface area contributed by atoms with Gasteiger partial charge in [0.15, 0.2) is 11.6 Å². The van der Waals surface area contributed by atoms with E-state index in [2.05, 4.69) is 20.4 Å². The molecule has 0 saturated heterocycles. The van der Waals surface area contributed by atoms with Crippen LogP contribution in [-0.2, 0) is 6.54 Å². The highest BCUT2D eigenvalue weighted by atomic mass is 19.1. The zero-order valence-corrected chi connectivity index (χ0v) is 17.6. The fourth-order valence-electron chi connectivity index (χ4n) is 3.53. The summed E-state index contributed by atoms with van der Waals surface area (Å²) in [5.41, 5.74) is 5.05. The van der Waals surface area contributed by atoms with Gasteiger partial charge in [0, 0.05) is 53.4 Å². The SMILES string of the molecule is Cc1ccccc1-c1ncc(CN[C@@H](C)c2cnn(-c3ccc(F)cc3F)c2C)cn1. The van der Waals surface area contributed by atoms with Gasteiger partial charge in [-0.05, 0) is 38.5 Å². The second-order valence-corrected chi connectivity index (χ2v) is 7.53. The van der Waals surface area contributed by atoms with Crippen molar-refractivity contribution in [3.05, 3.63) is 95.1 Å². The smallest absolute Gasteiger partial charge is 0.159 e. The van der Waals surface area contributed by atoms with Gasteiger partial charge < -0.3 is 5.32 Å². The summed E-state index contributed by atoms with van der Waals surface area (Å²) < 4.78 is 28.8. The molecule has 1 atom stereocenters. The zero-order valence-electron chi connectivity index (χ0n) is 17.6. The van der Waals surface area contributed by atoms with Gasteiger partial charge >= 0.3 is 0 Å². The lowest BCUT2D eigenvalue weighted by molar-refractivity contribution is 0.565. The van der Waals surface area contributed by atoms with Crippen molar-refractivity contribution >= 4 is 0 Å². The van der Waals surface area contributed by atoms with Crippen LogP contribution in [-0.4, -0.2) is 19.7 Å². The monoisotopic (exact) mass is 419 g/mol. The van der Waals surface area contributed by atoms with E-state index >= 15 is 0 Å². The molecule has 2 aromatic heterocycles. The Morgan fingerprint density at radius 3 is 2.45 bits per heavy atom. The van der Waals surface area contributed by atoms with Gasteiger partial charge in [-0.3, -0.25) is 0 Å². The number of halogens is 2. The Kier molecular flexibility index (Phi) is 5.86. The molecule has 31 heavy (non-hydrogen) atoms. The van der Waals surface area contributed by atoms with Crippen LogP contribution < -0.4 is 5.32 Å². The van der Waals surface area contributed by atoms with E-state index < -0.39 is 11.6 Å². The first kappa shape index (κ1) is 20.8. The lowest BCUT2D eigenvalue weighted by atomic mass is 10.1. The number of aromatic nitrogens is 4. The van der Waals surface area contributed by atoms with Crippen LogP contribution in [0.15, 0.2) is 61.1 Å². The van der Waals surface area contributed by atoms with E-state index in [9.17, 15) is 8.78 Å². The molecule has 2 aromatic carbocycles. The van der Waals surface area contributed by atoms with E-state index in [-0.39, 0.29) is 11.7 Å². The van der Waals surface area contributed by atoms with Crippen LogP contribution >= 0.6 is 0 Å². The molecule has 5 nitrogen and oxygen atoms in total. The molecule has 7 heteroatoms. The molecule has 0 spiro atoms. The van der Waals surface area contributed by atoms with Crippen molar-refractivity contribution in [2.45, 2.75) is 33.4 Å². The van der Waals surface area contributed by atoms with E-state index in [1.54, 1.807) is 6.20 Å². The molecule has 0 fully saturated rings. The van der Waals surface area contributed by atoms with Gasteiger partial charge in [-0.2, -0.15) is 5.10 Å². The summed E-state index contributed by atoms with van der Waals surface area (Å²) in [6.45, 7) is 6.49. The fraction of sp³-hybridized carbons (Fsp3) is 0.208. The maximum absolute atomic E-state index is 14.1. The van der Waals surface area contributed by atoms with Gasteiger partial charge in [0.2, 0.25) is 0 Å². The van der Waals surface area contributed by atoms with Gasteiger partial charge in [0.25, 0.3) is 0 Å². The minimum atomic E-state index is -0.649. The van der Waals surface area contributed by atoms with Crippen molar-refractivity contribution in [2.24, 2.45) is 0 Å². The second kappa shape index (κ2) is 8.73. The Balaban J connectivity index is 1.45. The van der Waals surface area contributed by atoms with Crippen molar-refractivity contribution in [3.8, 4) is 17.1 Å². The van der Waals surface area contributed by atoms with E-state index in [4.69, 9.17) is 0 Å². The van der Waals surface area contributed by atoms with Crippen molar-refractivity contribution < 1.29 is 8.78 Å². The third kappa shape index (κ3) is 4.36. The largest absolute Gasteiger partial charge is 0.306 e. The van der Waals surface area contributed by atoms with E-state index in [0.29, 0.717) is 12.4 Å². The third-order valence-corrected chi connectivity index (χ3v) is 5.36. The lowest BCUT2D eigenvalue weighted by Crippen LogP contribution is -2.19. The number of hydrogen-bond acceptors (Lipinski definition) is 4. The number of hydrogen-bond donors (Lipinski definition) is 1. The summed E-state index contributed by atoms with van der Waals surface area (Å²) in [5, 5.41) is 7.72. The predicted octanol–water partition coefficient (Wildman–Crippen LogP) is 5.08. The molecule has 0 unspecified atom stereocenters. The molecule has 4 rings (SSSR count). The molecular weight excluding hydrogens is 396 g/mol. The zero-order chi connectivity index (χ0) is 22.0. The molecule has 0 radical (unpaired) electrons. The number of aryl methyl sites for hydroxylation is 1. The van der Waals surface area contributed by atoms with Crippen LogP contribution in [0.1, 0.15) is 35.3 Å². The van der Waals surface area contributed by atoms with Gasteiger partial charge in [0.1, 0.15) is 11.5 Å². The van der Waals surface area contributed by atoms with Gasteiger partial charge in [-0.15, -0.1) is 0 Å².